The smallest absolute Gasteiger partial charge is 0.357 e. The highest BCUT2D eigenvalue weighted by atomic mass is 32.2. The molecule has 2 aromatic rings. The molecule has 2 rings (SSSR count). The summed E-state index contributed by atoms with van der Waals surface area (Å²) in [4.78, 5) is 26.9. The number of alkyl halides is 3. The van der Waals surface area contributed by atoms with Crippen LogP contribution in [0.3, 0.4) is 0 Å². The van der Waals surface area contributed by atoms with Crippen LogP contribution in [0.4, 0.5) is 23.2 Å². The number of carbonyl (C=O) groups excluding carboxylic acids is 2. The number of carbonyl (C=O) groups is 2. The number of hydrogen-bond donors (Lipinski definition) is 1. The van der Waals surface area contributed by atoms with Gasteiger partial charge in [-0.25, -0.2) is 12.8 Å². The van der Waals surface area contributed by atoms with Gasteiger partial charge < -0.3 is 10.2 Å². The third kappa shape index (κ3) is 7.94. The van der Waals surface area contributed by atoms with Crippen LogP contribution in [-0.4, -0.2) is 51.0 Å². The molecule has 0 fully saturated rings. The lowest BCUT2D eigenvalue weighted by Crippen LogP contribution is -2.48. The summed E-state index contributed by atoms with van der Waals surface area (Å²) in [5.41, 5.74) is -0.569. The van der Waals surface area contributed by atoms with Crippen molar-refractivity contribution in [3.63, 3.8) is 0 Å². The van der Waals surface area contributed by atoms with Gasteiger partial charge in [0, 0.05) is 26.6 Å². The van der Waals surface area contributed by atoms with E-state index in [0.29, 0.717) is 12.0 Å². The van der Waals surface area contributed by atoms with E-state index in [0.717, 1.165) is 28.8 Å². The van der Waals surface area contributed by atoms with Crippen molar-refractivity contribution >= 4 is 27.5 Å². The van der Waals surface area contributed by atoms with Gasteiger partial charge in [0.05, 0.1) is 17.5 Å². The summed E-state index contributed by atoms with van der Waals surface area (Å²) in [6.45, 7) is 1.51. The van der Waals surface area contributed by atoms with Gasteiger partial charge in [-0.15, -0.1) is 0 Å². The van der Waals surface area contributed by atoms with Crippen LogP contribution >= 0.6 is 0 Å². The second-order valence-electron chi connectivity index (χ2n) is 8.17. The van der Waals surface area contributed by atoms with Crippen LogP contribution in [0.15, 0.2) is 48.5 Å². The van der Waals surface area contributed by atoms with E-state index in [1.54, 1.807) is 6.92 Å². The number of likely N-dealkylation sites (N-methyl/N-ethyl adjacent to an activating group) is 1. The molecule has 0 saturated heterocycles. The van der Waals surface area contributed by atoms with Gasteiger partial charge in [-0.1, -0.05) is 25.1 Å². The van der Waals surface area contributed by atoms with Crippen LogP contribution in [0.25, 0.3) is 0 Å². The molecular formula is C24H29F4N3O4S. The highest BCUT2D eigenvalue weighted by molar-refractivity contribution is 7.92. The fraction of sp³-hybridized carbons (Fsp3) is 0.417. The van der Waals surface area contributed by atoms with E-state index in [1.165, 1.54) is 42.3 Å². The number of hydrogen-bond acceptors (Lipinski definition) is 4. The molecule has 0 aliphatic carbocycles. The maximum atomic E-state index is 13.3. The second kappa shape index (κ2) is 12.2. The van der Waals surface area contributed by atoms with Gasteiger partial charge in [0.15, 0.2) is 0 Å². The van der Waals surface area contributed by atoms with E-state index in [1.807, 2.05) is 0 Å². The van der Waals surface area contributed by atoms with Gasteiger partial charge in [0.1, 0.15) is 11.9 Å². The molecule has 0 spiro atoms. The van der Waals surface area contributed by atoms with E-state index < -0.39 is 45.4 Å². The summed E-state index contributed by atoms with van der Waals surface area (Å²) in [7, 11) is -2.51. The number of sulfonamides is 1. The average Bonchev–Trinajstić information content (AvgIpc) is 2.81. The predicted octanol–water partition coefficient (Wildman–Crippen LogP) is 3.94. The summed E-state index contributed by atoms with van der Waals surface area (Å²) in [6, 6.07) is 8.57. The van der Waals surface area contributed by atoms with Crippen LogP contribution in [0.2, 0.25) is 0 Å². The van der Waals surface area contributed by atoms with Crippen molar-refractivity contribution in [1.82, 2.24) is 10.2 Å². The first kappa shape index (κ1) is 29.1. The molecule has 198 valence electrons. The average molecular weight is 532 g/mol. The molecule has 1 atom stereocenters. The van der Waals surface area contributed by atoms with Crippen molar-refractivity contribution < 1.29 is 35.6 Å². The first-order chi connectivity index (χ1) is 16.8. The number of nitrogens with zero attached hydrogens (tertiary/aromatic N) is 2. The molecule has 36 heavy (non-hydrogen) atoms. The Balaban J connectivity index is 2.22. The predicted molar refractivity (Wildman–Crippen MR) is 128 cm³/mol. The van der Waals surface area contributed by atoms with Gasteiger partial charge >= 0.3 is 6.18 Å². The Labute approximate surface area is 208 Å². The molecule has 0 aliphatic rings. The summed E-state index contributed by atoms with van der Waals surface area (Å²) < 4.78 is 78.1. The molecule has 7 nitrogen and oxygen atoms in total. The Bertz CT molecular complexity index is 1150. The third-order valence-corrected chi connectivity index (χ3v) is 6.71. The Morgan fingerprint density at radius 3 is 2.25 bits per heavy atom. The molecule has 0 saturated carbocycles. The quantitative estimate of drug-likeness (QED) is 0.445. The zero-order chi connectivity index (χ0) is 27.1. The lowest BCUT2D eigenvalue weighted by molar-refractivity contribution is -0.141. The van der Waals surface area contributed by atoms with Crippen LogP contribution in [0, 0.1) is 5.82 Å². The molecule has 0 heterocycles. The highest BCUT2D eigenvalue weighted by Crippen LogP contribution is 2.32. The molecule has 1 N–H and O–H groups in total. The van der Waals surface area contributed by atoms with Crippen molar-refractivity contribution in [1.29, 1.82) is 0 Å². The molecule has 0 aliphatic heterocycles. The zero-order valence-electron chi connectivity index (χ0n) is 20.2. The van der Waals surface area contributed by atoms with Crippen molar-refractivity contribution in [2.75, 3.05) is 24.2 Å². The van der Waals surface area contributed by atoms with E-state index in [9.17, 15) is 35.6 Å². The van der Waals surface area contributed by atoms with Crippen LogP contribution in [-0.2, 0) is 32.3 Å². The van der Waals surface area contributed by atoms with Crippen molar-refractivity contribution in [3.05, 3.63) is 65.5 Å². The maximum absolute atomic E-state index is 13.3. The maximum Gasteiger partial charge on any atom is 0.416 e. The fourth-order valence-corrected chi connectivity index (χ4v) is 4.67. The third-order valence-electron chi connectivity index (χ3n) is 5.51. The Kier molecular flexibility index (Phi) is 9.85. The van der Waals surface area contributed by atoms with Gasteiger partial charge in [-0.05, 0) is 48.7 Å². The van der Waals surface area contributed by atoms with Gasteiger partial charge in [-0.3, -0.25) is 13.9 Å². The molecule has 12 heteroatoms. The minimum absolute atomic E-state index is 0.00769. The first-order valence-electron chi connectivity index (χ1n) is 11.2. The van der Waals surface area contributed by atoms with Crippen LogP contribution < -0.4 is 9.62 Å². The fourth-order valence-electron chi connectivity index (χ4n) is 3.71. The van der Waals surface area contributed by atoms with E-state index in [2.05, 4.69) is 5.32 Å². The summed E-state index contributed by atoms with van der Waals surface area (Å²) in [5.74, 6) is -1.30. The molecular weight excluding hydrogens is 502 g/mol. The zero-order valence-corrected chi connectivity index (χ0v) is 21.0. The van der Waals surface area contributed by atoms with E-state index in [-0.39, 0.29) is 31.6 Å². The molecule has 0 unspecified atom stereocenters. The molecule has 0 bridgehead atoms. The van der Waals surface area contributed by atoms with Crippen LogP contribution in [0.5, 0.6) is 0 Å². The highest BCUT2D eigenvalue weighted by Gasteiger charge is 2.32. The minimum atomic E-state index is -4.65. The molecule has 0 radical (unpaired) electrons. The monoisotopic (exact) mass is 531 g/mol. The minimum Gasteiger partial charge on any atom is -0.357 e. The number of anilines is 1. The molecule has 2 aromatic carbocycles. The lowest BCUT2D eigenvalue weighted by Gasteiger charge is -2.31. The summed E-state index contributed by atoms with van der Waals surface area (Å²) >= 11 is 0. The molecule has 2 amide bonds. The lowest BCUT2D eigenvalue weighted by atomic mass is 10.1. The van der Waals surface area contributed by atoms with E-state index in [4.69, 9.17) is 0 Å². The standard InChI is InChI=1S/C24H29F4N3O4S/c1-4-21(23(33)29-2)30(16-17-10-12-19(25)13-11-17)22(32)9-6-14-31(36(3,34)35)20-8-5-7-18(15-20)24(26,27)28/h5,7-8,10-13,15,21H,4,6,9,14,16H2,1-3H3,(H,29,33)/t21-/m1/s1. The number of nitrogens with one attached hydrogen (secondary N) is 1. The van der Waals surface area contributed by atoms with Crippen molar-refractivity contribution in [3.8, 4) is 0 Å². The first-order valence-corrected chi connectivity index (χ1v) is 13.0. The van der Waals surface area contributed by atoms with Gasteiger partial charge in [0.2, 0.25) is 21.8 Å². The number of benzene rings is 2. The Hall–Kier alpha value is -3.15. The van der Waals surface area contributed by atoms with Crippen molar-refractivity contribution in [2.45, 2.75) is 44.9 Å². The topological polar surface area (TPSA) is 86.8 Å². The largest absolute Gasteiger partial charge is 0.416 e. The Morgan fingerprint density at radius 2 is 1.72 bits per heavy atom. The number of amides is 2. The SMILES string of the molecule is CC[C@H](C(=O)NC)N(Cc1ccc(F)cc1)C(=O)CCCN(c1cccc(C(F)(F)F)c1)S(C)(=O)=O. The van der Waals surface area contributed by atoms with Crippen molar-refractivity contribution in [2.24, 2.45) is 0 Å². The Morgan fingerprint density at radius 1 is 1.08 bits per heavy atom. The second-order valence-corrected chi connectivity index (χ2v) is 10.1. The van der Waals surface area contributed by atoms with E-state index >= 15 is 0 Å². The van der Waals surface area contributed by atoms with Gasteiger partial charge in [0.25, 0.3) is 0 Å². The molecule has 0 aromatic heterocycles. The number of halogens is 4. The summed E-state index contributed by atoms with van der Waals surface area (Å²) in [5, 5.41) is 2.51. The number of rotatable bonds is 11. The van der Waals surface area contributed by atoms with Gasteiger partial charge in [-0.2, -0.15) is 13.2 Å². The normalized spacial score (nSPS) is 12.6. The van der Waals surface area contributed by atoms with Crippen LogP contribution in [0.1, 0.15) is 37.3 Å². The summed E-state index contributed by atoms with van der Waals surface area (Å²) in [6.07, 6.45) is -3.65.